The van der Waals surface area contributed by atoms with E-state index in [-0.39, 0.29) is 5.91 Å². The Bertz CT molecular complexity index is 680. The Morgan fingerprint density at radius 2 is 1.86 bits per heavy atom. The van der Waals surface area contributed by atoms with E-state index in [2.05, 4.69) is 16.7 Å². The Labute approximate surface area is 133 Å². The van der Waals surface area contributed by atoms with Gasteiger partial charge in [-0.05, 0) is 42.3 Å². The van der Waals surface area contributed by atoms with Gasteiger partial charge in [-0.25, -0.2) is 0 Å². The van der Waals surface area contributed by atoms with Crippen molar-refractivity contribution in [3.8, 4) is 0 Å². The van der Waals surface area contributed by atoms with Crippen molar-refractivity contribution in [1.82, 2.24) is 0 Å². The van der Waals surface area contributed by atoms with Crippen LogP contribution in [0.3, 0.4) is 0 Å². The molecule has 0 unspecified atom stereocenters. The van der Waals surface area contributed by atoms with Crippen molar-refractivity contribution in [1.29, 1.82) is 0 Å². The molecule has 2 aromatic carbocycles. The fourth-order valence-electron chi connectivity index (χ4n) is 2.39. The minimum Gasteiger partial charge on any atom is -0.381 e. The van der Waals surface area contributed by atoms with Crippen LogP contribution in [0, 0.1) is 0 Å². The van der Waals surface area contributed by atoms with E-state index in [0.717, 1.165) is 28.9 Å². The minimum atomic E-state index is 0.0751. The number of fused-ring (bicyclic) bond motifs is 1. The summed E-state index contributed by atoms with van der Waals surface area (Å²) in [4.78, 5) is 11.3. The second kappa shape index (κ2) is 5.96. The van der Waals surface area contributed by atoms with Crippen LogP contribution in [0.15, 0.2) is 36.4 Å². The van der Waals surface area contributed by atoms with Crippen LogP contribution in [0.4, 0.5) is 11.4 Å². The van der Waals surface area contributed by atoms with Gasteiger partial charge in [-0.1, -0.05) is 29.3 Å². The van der Waals surface area contributed by atoms with Crippen molar-refractivity contribution < 1.29 is 4.79 Å². The third-order valence-electron chi connectivity index (χ3n) is 3.53. The molecule has 2 N–H and O–H groups in total. The number of anilines is 2. The average Bonchev–Trinajstić information content (AvgIpc) is 2.47. The van der Waals surface area contributed by atoms with Crippen molar-refractivity contribution in [3.63, 3.8) is 0 Å². The summed E-state index contributed by atoms with van der Waals surface area (Å²) >= 11 is 12.3. The van der Waals surface area contributed by atoms with E-state index in [4.69, 9.17) is 23.2 Å². The Kier molecular flexibility index (Phi) is 4.04. The molecule has 0 bridgehead atoms. The lowest BCUT2D eigenvalue weighted by molar-refractivity contribution is -0.116. The van der Waals surface area contributed by atoms with Gasteiger partial charge in [0.25, 0.3) is 0 Å². The van der Waals surface area contributed by atoms with E-state index in [1.165, 1.54) is 0 Å². The number of carbonyl (C=O) groups is 1. The molecule has 0 saturated heterocycles. The van der Waals surface area contributed by atoms with Crippen LogP contribution in [-0.2, 0) is 17.8 Å². The van der Waals surface area contributed by atoms with Crippen molar-refractivity contribution >= 4 is 40.5 Å². The summed E-state index contributed by atoms with van der Waals surface area (Å²) in [6.07, 6.45) is 1.30. The van der Waals surface area contributed by atoms with Gasteiger partial charge in [-0.15, -0.1) is 0 Å². The predicted molar refractivity (Wildman–Crippen MR) is 87.2 cm³/mol. The first-order chi connectivity index (χ1) is 10.1. The number of halogens is 2. The summed E-state index contributed by atoms with van der Waals surface area (Å²) in [6.45, 7) is 0.559. The number of rotatable bonds is 3. The molecule has 0 spiro atoms. The van der Waals surface area contributed by atoms with E-state index >= 15 is 0 Å². The third-order valence-corrected chi connectivity index (χ3v) is 4.24. The van der Waals surface area contributed by atoms with Crippen molar-refractivity contribution in [2.24, 2.45) is 0 Å². The average molecular weight is 321 g/mol. The predicted octanol–water partition coefficient (Wildman–Crippen LogP) is 4.49. The number of nitrogens with one attached hydrogen (secondary N) is 2. The molecule has 1 heterocycles. The lowest BCUT2D eigenvalue weighted by Crippen LogP contribution is -2.19. The normalized spacial score (nSPS) is 13.5. The Balaban J connectivity index is 1.76. The first-order valence-electron chi connectivity index (χ1n) is 6.73. The van der Waals surface area contributed by atoms with Gasteiger partial charge in [-0.2, -0.15) is 0 Å². The summed E-state index contributed by atoms with van der Waals surface area (Å²) in [6, 6.07) is 11.4. The topological polar surface area (TPSA) is 41.1 Å². The molecule has 108 valence electrons. The number of amides is 1. The fraction of sp³-hybridized carbons (Fsp3) is 0.188. The van der Waals surface area contributed by atoms with Crippen LogP contribution in [-0.4, -0.2) is 5.91 Å². The maximum atomic E-state index is 11.3. The molecule has 1 aliphatic heterocycles. The van der Waals surface area contributed by atoms with Gasteiger partial charge in [0.1, 0.15) is 0 Å². The van der Waals surface area contributed by atoms with E-state index in [1.807, 2.05) is 30.3 Å². The second-order valence-corrected chi connectivity index (χ2v) is 5.79. The van der Waals surface area contributed by atoms with Gasteiger partial charge in [0, 0.05) is 39.9 Å². The highest BCUT2D eigenvalue weighted by atomic mass is 35.5. The molecule has 3 rings (SSSR count). The highest BCUT2D eigenvalue weighted by Gasteiger charge is 2.14. The molecule has 0 atom stereocenters. The third kappa shape index (κ3) is 3.14. The maximum absolute atomic E-state index is 11.3. The molecule has 0 aromatic heterocycles. The highest BCUT2D eigenvalue weighted by Crippen LogP contribution is 2.28. The first kappa shape index (κ1) is 14.2. The van der Waals surface area contributed by atoms with Crippen molar-refractivity contribution in [2.45, 2.75) is 19.4 Å². The van der Waals surface area contributed by atoms with E-state index < -0.39 is 0 Å². The lowest BCUT2D eigenvalue weighted by atomic mass is 10.0. The largest absolute Gasteiger partial charge is 0.381 e. The standard InChI is InChI=1S/C16H14Cl2N2O/c17-13-2-1-3-14(18)12(13)9-19-11-5-6-15-10(8-11)4-7-16(21)20-15/h1-3,5-6,8,19H,4,7,9H2,(H,20,21). The lowest BCUT2D eigenvalue weighted by Gasteiger charge is -2.18. The van der Waals surface area contributed by atoms with Crippen LogP contribution in [0.1, 0.15) is 17.5 Å². The summed E-state index contributed by atoms with van der Waals surface area (Å²) in [5, 5.41) is 7.50. The van der Waals surface area contributed by atoms with Gasteiger partial charge >= 0.3 is 0 Å². The molecule has 2 aromatic rings. The van der Waals surface area contributed by atoms with Crippen LogP contribution in [0.5, 0.6) is 0 Å². The van der Waals surface area contributed by atoms with Crippen molar-refractivity contribution in [3.05, 3.63) is 57.6 Å². The molecular formula is C16H14Cl2N2O. The molecule has 0 aliphatic carbocycles. The Morgan fingerprint density at radius 1 is 1.10 bits per heavy atom. The smallest absolute Gasteiger partial charge is 0.224 e. The summed E-state index contributed by atoms with van der Waals surface area (Å²) in [5.74, 6) is 0.0751. The number of hydrogen-bond donors (Lipinski definition) is 2. The van der Waals surface area contributed by atoms with Gasteiger partial charge < -0.3 is 10.6 Å². The zero-order chi connectivity index (χ0) is 14.8. The molecule has 0 radical (unpaired) electrons. The van der Waals surface area contributed by atoms with Crippen LogP contribution in [0.2, 0.25) is 10.0 Å². The Hall–Kier alpha value is -1.71. The molecule has 1 aliphatic rings. The monoisotopic (exact) mass is 320 g/mol. The van der Waals surface area contributed by atoms with Crippen molar-refractivity contribution in [2.75, 3.05) is 10.6 Å². The molecular weight excluding hydrogens is 307 g/mol. The number of aryl methyl sites for hydroxylation is 1. The Morgan fingerprint density at radius 3 is 2.62 bits per heavy atom. The van der Waals surface area contributed by atoms with Gasteiger partial charge in [-0.3, -0.25) is 4.79 Å². The summed E-state index contributed by atoms with van der Waals surface area (Å²) in [7, 11) is 0. The van der Waals surface area contributed by atoms with E-state index in [9.17, 15) is 4.79 Å². The highest BCUT2D eigenvalue weighted by molar-refractivity contribution is 6.36. The molecule has 3 nitrogen and oxygen atoms in total. The van der Waals surface area contributed by atoms with Gasteiger partial charge in [0.2, 0.25) is 5.91 Å². The minimum absolute atomic E-state index is 0.0751. The zero-order valence-corrected chi connectivity index (χ0v) is 12.8. The number of carbonyl (C=O) groups excluding carboxylic acids is 1. The molecule has 5 heteroatoms. The first-order valence-corrected chi connectivity index (χ1v) is 7.48. The molecule has 1 amide bonds. The van der Waals surface area contributed by atoms with E-state index in [1.54, 1.807) is 0 Å². The SMILES string of the molecule is O=C1CCc2cc(NCc3c(Cl)cccc3Cl)ccc2N1. The van der Waals surface area contributed by atoms with E-state index in [0.29, 0.717) is 23.0 Å². The van der Waals surface area contributed by atoms with Gasteiger partial charge in [0.15, 0.2) is 0 Å². The maximum Gasteiger partial charge on any atom is 0.224 e. The van der Waals surface area contributed by atoms with Crippen LogP contribution in [0.25, 0.3) is 0 Å². The van der Waals surface area contributed by atoms with Gasteiger partial charge in [0.05, 0.1) is 0 Å². The van der Waals surface area contributed by atoms with Crippen LogP contribution < -0.4 is 10.6 Å². The quantitative estimate of drug-likeness (QED) is 0.874. The molecule has 0 fully saturated rings. The summed E-state index contributed by atoms with van der Waals surface area (Å²) in [5.41, 5.74) is 3.91. The number of hydrogen-bond acceptors (Lipinski definition) is 2. The summed E-state index contributed by atoms with van der Waals surface area (Å²) < 4.78 is 0. The second-order valence-electron chi connectivity index (χ2n) is 4.97. The fourth-order valence-corrected chi connectivity index (χ4v) is 2.92. The number of benzene rings is 2. The zero-order valence-electron chi connectivity index (χ0n) is 11.2. The van der Waals surface area contributed by atoms with Crippen LogP contribution >= 0.6 is 23.2 Å². The molecule has 21 heavy (non-hydrogen) atoms. The molecule has 0 saturated carbocycles.